The van der Waals surface area contributed by atoms with Crippen molar-refractivity contribution in [3.8, 4) is 11.4 Å². The van der Waals surface area contributed by atoms with Crippen molar-refractivity contribution in [1.82, 2.24) is 20.4 Å². The highest BCUT2D eigenvalue weighted by Crippen LogP contribution is 2.24. The van der Waals surface area contributed by atoms with Crippen molar-refractivity contribution in [3.63, 3.8) is 0 Å². The molecule has 2 fully saturated rings. The van der Waals surface area contributed by atoms with Gasteiger partial charge in [0.2, 0.25) is 17.6 Å². The summed E-state index contributed by atoms with van der Waals surface area (Å²) in [5, 5.41) is 10.1. The van der Waals surface area contributed by atoms with Gasteiger partial charge in [-0.15, -0.1) is 0 Å². The summed E-state index contributed by atoms with van der Waals surface area (Å²) < 4.78 is 18.5. The Morgan fingerprint density at radius 1 is 0.973 bits per heavy atom. The fourth-order valence-corrected chi connectivity index (χ4v) is 5.11. The Kier molecular flexibility index (Phi) is 7.89. The third kappa shape index (κ3) is 6.40. The number of hydrogen-bond acceptors (Lipinski definition) is 6. The number of halogens is 1. The minimum atomic E-state index is -0.314. The molecule has 9 heteroatoms. The Bertz CT molecular complexity index is 1210. The van der Waals surface area contributed by atoms with Crippen LogP contribution in [0.2, 0.25) is 0 Å². The van der Waals surface area contributed by atoms with Gasteiger partial charge < -0.3 is 15.2 Å². The molecule has 37 heavy (non-hydrogen) atoms. The maximum absolute atomic E-state index is 13.2. The van der Waals surface area contributed by atoms with Crippen molar-refractivity contribution in [3.05, 3.63) is 65.8 Å². The topological polar surface area (TPSA) is 100 Å². The lowest BCUT2D eigenvalue weighted by Crippen LogP contribution is -2.38. The molecule has 5 rings (SSSR count). The van der Waals surface area contributed by atoms with Gasteiger partial charge in [-0.05, 0) is 75.2 Å². The van der Waals surface area contributed by atoms with Crippen molar-refractivity contribution < 1.29 is 18.5 Å². The predicted octanol–water partition coefficient (Wildman–Crippen LogP) is 4.79. The van der Waals surface area contributed by atoms with Crippen LogP contribution in [0, 0.1) is 11.7 Å². The quantitative estimate of drug-likeness (QED) is 0.479. The second-order valence-electron chi connectivity index (χ2n) is 9.91. The minimum Gasteiger partial charge on any atom is -0.349 e. The normalized spacial score (nSPS) is 17.4. The Balaban J connectivity index is 1.13. The summed E-state index contributed by atoms with van der Waals surface area (Å²) in [6, 6.07) is 13.4. The van der Waals surface area contributed by atoms with E-state index in [1.807, 2.05) is 12.1 Å². The molecule has 0 atom stereocenters. The number of nitrogens with zero attached hydrogens (tertiary/aromatic N) is 3. The number of anilines is 1. The van der Waals surface area contributed by atoms with Gasteiger partial charge in [0.15, 0.2) is 0 Å². The summed E-state index contributed by atoms with van der Waals surface area (Å²) in [6.45, 7) is 1.93. The van der Waals surface area contributed by atoms with Gasteiger partial charge in [0.05, 0.1) is 17.8 Å². The molecule has 0 spiro atoms. The second kappa shape index (κ2) is 11.6. The van der Waals surface area contributed by atoms with Crippen molar-refractivity contribution in [2.45, 2.75) is 57.5 Å². The number of carbonyl (C=O) groups excluding carboxylic acids is 2. The molecule has 2 amide bonds. The van der Waals surface area contributed by atoms with E-state index in [1.54, 1.807) is 24.3 Å². The Morgan fingerprint density at radius 3 is 2.46 bits per heavy atom. The number of hydrogen-bond donors (Lipinski definition) is 2. The summed E-state index contributed by atoms with van der Waals surface area (Å²) in [5.74, 6) is 0.274. The standard InChI is InChI=1S/C28H32FN5O3/c29-21-12-10-19(11-13-21)26-32-25(37-33-26)18-34-16-14-20(15-17-34)27(35)31-24-9-5-4-8-23(24)28(36)30-22-6-2-1-3-7-22/h4-5,8-13,20,22H,1-3,6-7,14-18H2,(H,30,36)(H,31,35). The molecule has 3 aromatic rings. The van der Waals surface area contributed by atoms with Crippen molar-refractivity contribution in [2.24, 2.45) is 5.92 Å². The summed E-state index contributed by atoms with van der Waals surface area (Å²) in [5.41, 5.74) is 1.76. The largest absolute Gasteiger partial charge is 0.349 e. The molecule has 2 heterocycles. The number of likely N-dealkylation sites (tertiary alicyclic amines) is 1. The lowest BCUT2D eigenvalue weighted by atomic mass is 9.95. The molecule has 194 valence electrons. The fraction of sp³-hybridized carbons (Fsp3) is 0.429. The molecular formula is C28H32FN5O3. The van der Waals surface area contributed by atoms with E-state index in [0.717, 1.165) is 38.8 Å². The van der Waals surface area contributed by atoms with Gasteiger partial charge in [0.1, 0.15) is 5.82 Å². The zero-order valence-corrected chi connectivity index (χ0v) is 20.8. The molecule has 2 aliphatic rings. The smallest absolute Gasteiger partial charge is 0.253 e. The van der Waals surface area contributed by atoms with Gasteiger partial charge in [-0.25, -0.2) is 4.39 Å². The van der Waals surface area contributed by atoms with E-state index in [1.165, 1.54) is 18.6 Å². The molecular weight excluding hydrogens is 473 g/mol. The maximum Gasteiger partial charge on any atom is 0.253 e. The first-order valence-electron chi connectivity index (χ1n) is 13.1. The highest BCUT2D eigenvalue weighted by Gasteiger charge is 2.27. The van der Waals surface area contributed by atoms with E-state index < -0.39 is 0 Å². The monoisotopic (exact) mass is 505 g/mol. The molecule has 1 saturated heterocycles. The Hall–Kier alpha value is -3.59. The second-order valence-corrected chi connectivity index (χ2v) is 9.91. The van der Waals surface area contributed by atoms with Crippen molar-refractivity contribution in [1.29, 1.82) is 0 Å². The number of amides is 2. The Labute approximate surface area is 215 Å². The lowest BCUT2D eigenvalue weighted by molar-refractivity contribution is -0.121. The van der Waals surface area contributed by atoms with E-state index in [2.05, 4.69) is 25.7 Å². The number of rotatable bonds is 7. The maximum atomic E-state index is 13.2. The van der Waals surface area contributed by atoms with Crippen LogP contribution in [-0.2, 0) is 11.3 Å². The van der Waals surface area contributed by atoms with Crippen LogP contribution < -0.4 is 10.6 Å². The predicted molar refractivity (Wildman–Crippen MR) is 137 cm³/mol. The van der Waals surface area contributed by atoms with Crippen LogP contribution >= 0.6 is 0 Å². The number of benzene rings is 2. The van der Waals surface area contributed by atoms with Crippen LogP contribution in [0.4, 0.5) is 10.1 Å². The third-order valence-electron chi connectivity index (χ3n) is 7.26. The fourth-order valence-electron chi connectivity index (χ4n) is 5.11. The molecule has 2 N–H and O–H groups in total. The van der Waals surface area contributed by atoms with Gasteiger partial charge in [-0.3, -0.25) is 14.5 Å². The highest BCUT2D eigenvalue weighted by molar-refractivity contribution is 6.04. The van der Waals surface area contributed by atoms with E-state index in [-0.39, 0.29) is 29.6 Å². The number of carbonyl (C=O) groups is 2. The number of nitrogens with one attached hydrogen (secondary N) is 2. The summed E-state index contributed by atoms with van der Waals surface area (Å²) >= 11 is 0. The van der Waals surface area contributed by atoms with Crippen LogP contribution in [0.3, 0.4) is 0 Å². The lowest BCUT2D eigenvalue weighted by Gasteiger charge is -2.30. The molecule has 8 nitrogen and oxygen atoms in total. The van der Waals surface area contributed by atoms with Gasteiger partial charge in [0.25, 0.3) is 5.91 Å². The minimum absolute atomic E-state index is 0.0612. The molecule has 0 unspecified atom stereocenters. The van der Waals surface area contributed by atoms with Crippen LogP contribution in [0.1, 0.15) is 61.2 Å². The van der Waals surface area contributed by atoms with Crippen LogP contribution in [-0.4, -0.2) is 46.0 Å². The average Bonchev–Trinajstić information content (AvgIpc) is 3.39. The molecule has 1 aliphatic heterocycles. The Morgan fingerprint density at radius 2 is 1.70 bits per heavy atom. The summed E-state index contributed by atoms with van der Waals surface area (Å²) in [7, 11) is 0. The molecule has 0 bridgehead atoms. The first-order valence-corrected chi connectivity index (χ1v) is 13.1. The van der Waals surface area contributed by atoms with Crippen LogP contribution in [0.15, 0.2) is 53.1 Å². The number of piperidine rings is 1. The van der Waals surface area contributed by atoms with Gasteiger partial charge >= 0.3 is 0 Å². The van der Waals surface area contributed by atoms with E-state index in [0.29, 0.717) is 47.9 Å². The van der Waals surface area contributed by atoms with E-state index in [4.69, 9.17) is 4.52 Å². The third-order valence-corrected chi connectivity index (χ3v) is 7.26. The first kappa shape index (κ1) is 25.1. The summed E-state index contributed by atoms with van der Waals surface area (Å²) in [4.78, 5) is 32.6. The SMILES string of the molecule is O=C(NC1CCCCC1)c1ccccc1NC(=O)C1CCN(Cc2nc(-c3ccc(F)cc3)no2)CC1. The summed E-state index contributed by atoms with van der Waals surface area (Å²) in [6.07, 6.45) is 6.92. The molecule has 2 aromatic carbocycles. The molecule has 1 aliphatic carbocycles. The van der Waals surface area contributed by atoms with Gasteiger partial charge in [0, 0.05) is 17.5 Å². The highest BCUT2D eigenvalue weighted by atomic mass is 19.1. The molecule has 0 radical (unpaired) electrons. The average molecular weight is 506 g/mol. The van der Waals surface area contributed by atoms with E-state index >= 15 is 0 Å². The van der Waals surface area contributed by atoms with Crippen LogP contribution in [0.25, 0.3) is 11.4 Å². The van der Waals surface area contributed by atoms with Crippen molar-refractivity contribution >= 4 is 17.5 Å². The van der Waals surface area contributed by atoms with Crippen molar-refractivity contribution in [2.75, 3.05) is 18.4 Å². The van der Waals surface area contributed by atoms with Gasteiger partial charge in [-0.1, -0.05) is 36.6 Å². The number of para-hydroxylation sites is 1. The zero-order valence-electron chi connectivity index (χ0n) is 20.8. The number of aromatic nitrogens is 2. The zero-order chi connectivity index (χ0) is 25.6. The molecule has 1 saturated carbocycles. The first-order chi connectivity index (χ1) is 18.0. The van der Waals surface area contributed by atoms with E-state index in [9.17, 15) is 14.0 Å². The van der Waals surface area contributed by atoms with Gasteiger partial charge in [-0.2, -0.15) is 4.98 Å². The van der Waals surface area contributed by atoms with Crippen LogP contribution in [0.5, 0.6) is 0 Å². The molecule has 1 aromatic heterocycles.